The van der Waals surface area contributed by atoms with Crippen LogP contribution in [-0.4, -0.2) is 68.6 Å². The molecule has 0 bridgehead atoms. The van der Waals surface area contributed by atoms with Crippen molar-refractivity contribution < 1.29 is 61.5 Å². The van der Waals surface area contributed by atoms with Gasteiger partial charge in [0.2, 0.25) is 0 Å². The number of aliphatic carboxylic acids is 2. The number of carbonyl (C=O) groups is 4. The molecule has 19 heteroatoms. The minimum absolute atomic E-state index is 0.193. The van der Waals surface area contributed by atoms with Crippen LogP contribution in [0.2, 0.25) is 0 Å². The number of methoxy groups -OCH3 is 1. The number of carboxylic acids is 2. The number of benzene rings is 4. The quantitative estimate of drug-likeness (QED) is 0.0719. The number of aromatic nitrogens is 2. The summed E-state index contributed by atoms with van der Waals surface area (Å²) >= 11 is 2.47. The number of rotatable bonds is 16. The lowest BCUT2D eigenvalue weighted by molar-refractivity contribution is -0.274. The second-order valence-electron chi connectivity index (χ2n) is 15.2. The number of thiazole rings is 2. The minimum Gasteiger partial charge on any atom is -0.497 e. The van der Waals surface area contributed by atoms with E-state index in [9.17, 15) is 32.3 Å². The highest BCUT2D eigenvalue weighted by Gasteiger charge is 2.32. The zero-order valence-electron chi connectivity index (χ0n) is 36.2. The first-order chi connectivity index (χ1) is 30.5. The molecule has 0 aliphatic heterocycles. The average Bonchev–Trinajstić information content (AvgIpc) is 3.85. The number of carboxylic acid groups (broad SMARTS) is 2. The van der Waals surface area contributed by atoms with Crippen LogP contribution in [-0.2, 0) is 22.7 Å². The molecule has 4 aromatic carbocycles. The van der Waals surface area contributed by atoms with Crippen molar-refractivity contribution in [2.75, 3.05) is 7.11 Å². The Bertz CT molecular complexity index is 2610. The number of carbonyl (C=O) groups excluding carboxylic acids is 2. The SMILES string of the molecule is COc1ccc(-c2nc(C)c(C(=O)NCc3ccc(OC(C)(C)C(=O)O)cc3)s2)cc1.Cc1nc(-c2ccc(OC(F)(F)F)cc2)sc1C(=O)NCc1ccc(OC(C)(C)C(=O)O)cc1. The Kier molecular flexibility index (Phi) is 15.6. The van der Waals surface area contributed by atoms with E-state index in [1.54, 1.807) is 62.6 Å². The van der Waals surface area contributed by atoms with Gasteiger partial charge in [-0.1, -0.05) is 24.3 Å². The molecule has 0 saturated carbocycles. The zero-order valence-corrected chi connectivity index (χ0v) is 37.8. The van der Waals surface area contributed by atoms with Crippen LogP contribution in [0.1, 0.15) is 69.6 Å². The fraction of sp³-hybridized carbons (Fsp3) is 0.261. The van der Waals surface area contributed by atoms with E-state index in [1.165, 1.54) is 63.3 Å². The van der Waals surface area contributed by atoms with E-state index >= 15 is 0 Å². The first-order valence-electron chi connectivity index (χ1n) is 19.6. The molecule has 2 amide bonds. The number of aryl methyl sites for hydroxylation is 2. The Balaban J connectivity index is 0.000000245. The smallest absolute Gasteiger partial charge is 0.497 e. The molecule has 2 heterocycles. The third-order valence-corrected chi connectivity index (χ3v) is 11.6. The Hall–Kier alpha value is -6.99. The summed E-state index contributed by atoms with van der Waals surface area (Å²) in [6.07, 6.45) is -4.77. The summed E-state index contributed by atoms with van der Waals surface area (Å²) in [7, 11) is 1.61. The van der Waals surface area contributed by atoms with Gasteiger partial charge in [-0.2, -0.15) is 0 Å². The molecule has 14 nitrogen and oxygen atoms in total. The topological polar surface area (TPSA) is 196 Å². The number of halogens is 3. The van der Waals surface area contributed by atoms with Gasteiger partial charge < -0.3 is 39.8 Å². The summed E-state index contributed by atoms with van der Waals surface area (Å²) in [5.41, 5.74) is 1.60. The highest BCUT2D eigenvalue weighted by atomic mass is 32.1. The minimum atomic E-state index is -4.77. The van der Waals surface area contributed by atoms with Gasteiger partial charge in [-0.15, -0.1) is 35.8 Å². The molecule has 0 atom stereocenters. The fourth-order valence-electron chi connectivity index (χ4n) is 5.55. The number of amides is 2. The highest BCUT2D eigenvalue weighted by Crippen LogP contribution is 2.32. The monoisotopic (exact) mass is 934 g/mol. The van der Waals surface area contributed by atoms with E-state index in [1.807, 2.05) is 31.2 Å². The third kappa shape index (κ3) is 13.8. The number of hydrogen-bond donors (Lipinski definition) is 4. The lowest BCUT2D eigenvalue weighted by Crippen LogP contribution is -2.37. The standard InChI is InChI=1S/C23H21F3N2O5S.C23H24N2O5S/c1-13-18(34-20(28-13)15-6-10-17(11-7-15)33-23(24,25)26)19(29)27-12-14-4-8-16(9-5-14)32-22(2,3)21(30)31;1-14-19(31-21(25-14)16-7-11-17(29-4)12-8-16)20(26)24-13-15-5-9-18(10-6-15)30-23(2,3)22(27)28/h4-11H,12H2,1-3H3,(H,27,29)(H,30,31);5-12H,13H2,1-4H3,(H,24,26)(H,27,28). The molecule has 2 aromatic heterocycles. The summed E-state index contributed by atoms with van der Waals surface area (Å²) in [6.45, 7) is 9.90. The second-order valence-corrected chi connectivity index (χ2v) is 17.2. The van der Waals surface area contributed by atoms with Crippen LogP contribution in [0.3, 0.4) is 0 Å². The second kappa shape index (κ2) is 20.7. The van der Waals surface area contributed by atoms with Crippen LogP contribution in [0, 0.1) is 13.8 Å². The van der Waals surface area contributed by atoms with Gasteiger partial charge in [0.25, 0.3) is 11.8 Å². The molecule has 6 aromatic rings. The van der Waals surface area contributed by atoms with Gasteiger partial charge in [0, 0.05) is 24.2 Å². The van der Waals surface area contributed by atoms with Gasteiger partial charge in [-0.3, -0.25) is 9.59 Å². The van der Waals surface area contributed by atoms with Crippen molar-refractivity contribution in [3.8, 4) is 44.1 Å². The van der Waals surface area contributed by atoms with Crippen molar-refractivity contribution in [2.45, 2.75) is 72.2 Å². The molecule has 0 aliphatic rings. The summed E-state index contributed by atoms with van der Waals surface area (Å²) in [4.78, 5) is 57.5. The summed E-state index contributed by atoms with van der Waals surface area (Å²) in [5, 5.41) is 25.2. The summed E-state index contributed by atoms with van der Waals surface area (Å²) < 4.78 is 56.9. The number of hydrogen-bond acceptors (Lipinski definition) is 12. The molecule has 342 valence electrons. The van der Waals surface area contributed by atoms with Crippen molar-refractivity contribution in [1.29, 1.82) is 0 Å². The Labute approximate surface area is 380 Å². The first kappa shape index (κ1) is 49.0. The number of nitrogens with one attached hydrogen (secondary N) is 2. The summed E-state index contributed by atoms with van der Waals surface area (Å²) in [5.74, 6) is -1.41. The van der Waals surface area contributed by atoms with Crippen LogP contribution < -0.4 is 29.6 Å². The molecular formula is C46H45F3N4O10S2. The van der Waals surface area contributed by atoms with Crippen LogP contribution in [0.5, 0.6) is 23.0 Å². The molecular weight excluding hydrogens is 890 g/mol. The average molecular weight is 935 g/mol. The van der Waals surface area contributed by atoms with Crippen LogP contribution in [0.15, 0.2) is 97.1 Å². The van der Waals surface area contributed by atoms with Gasteiger partial charge in [0.1, 0.15) is 42.8 Å². The predicted molar refractivity (Wildman–Crippen MR) is 238 cm³/mol. The predicted octanol–water partition coefficient (Wildman–Crippen LogP) is 9.49. The normalized spacial score (nSPS) is 11.4. The molecule has 0 aliphatic carbocycles. The van der Waals surface area contributed by atoms with Crippen LogP contribution >= 0.6 is 22.7 Å². The van der Waals surface area contributed by atoms with Crippen molar-refractivity contribution >= 4 is 46.4 Å². The molecule has 4 N–H and O–H groups in total. The van der Waals surface area contributed by atoms with E-state index < -0.39 is 29.5 Å². The van der Waals surface area contributed by atoms with Crippen LogP contribution in [0.4, 0.5) is 13.2 Å². The molecule has 0 radical (unpaired) electrons. The highest BCUT2D eigenvalue weighted by molar-refractivity contribution is 7.17. The van der Waals surface area contributed by atoms with Gasteiger partial charge in [0.05, 0.1) is 18.5 Å². The molecule has 0 fully saturated rings. The maximum absolute atomic E-state index is 12.7. The maximum Gasteiger partial charge on any atom is 0.573 e. The Morgan fingerprint density at radius 2 is 0.877 bits per heavy atom. The Morgan fingerprint density at radius 3 is 1.20 bits per heavy atom. The van der Waals surface area contributed by atoms with Gasteiger partial charge >= 0.3 is 18.3 Å². The zero-order chi connectivity index (χ0) is 47.7. The van der Waals surface area contributed by atoms with Crippen molar-refractivity contribution in [3.63, 3.8) is 0 Å². The molecule has 0 saturated heterocycles. The maximum atomic E-state index is 12.7. The van der Waals surface area contributed by atoms with Crippen molar-refractivity contribution in [3.05, 3.63) is 129 Å². The lowest BCUT2D eigenvalue weighted by atomic mass is 10.1. The van der Waals surface area contributed by atoms with Crippen molar-refractivity contribution in [2.24, 2.45) is 0 Å². The van der Waals surface area contributed by atoms with E-state index in [4.69, 9.17) is 24.4 Å². The van der Waals surface area contributed by atoms with E-state index in [2.05, 4.69) is 25.3 Å². The third-order valence-electron chi connectivity index (χ3n) is 9.21. The molecule has 0 unspecified atom stereocenters. The van der Waals surface area contributed by atoms with Gasteiger partial charge in [-0.05, 0) is 125 Å². The van der Waals surface area contributed by atoms with E-state index in [-0.39, 0.29) is 24.1 Å². The first-order valence-corrected chi connectivity index (χ1v) is 21.2. The van der Waals surface area contributed by atoms with Gasteiger partial charge in [-0.25, -0.2) is 19.6 Å². The number of alkyl halides is 3. The fourth-order valence-corrected chi connectivity index (χ4v) is 7.52. The Morgan fingerprint density at radius 1 is 0.554 bits per heavy atom. The lowest BCUT2D eigenvalue weighted by Gasteiger charge is -2.21. The molecule has 6 rings (SSSR count). The van der Waals surface area contributed by atoms with E-state index in [0.29, 0.717) is 49.8 Å². The molecule has 0 spiro atoms. The summed E-state index contributed by atoms with van der Waals surface area (Å²) in [6, 6.07) is 26.4. The largest absolute Gasteiger partial charge is 0.573 e. The number of nitrogens with zero attached hydrogens (tertiary/aromatic N) is 2. The van der Waals surface area contributed by atoms with E-state index in [0.717, 1.165) is 38.8 Å². The number of ether oxygens (including phenoxy) is 4. The van der Waals surface area contributed by atoms with Crippen molar-refractivity contribution in [1.82, 2.24) is 20.6 Å². The molecule has 65 heavy (non-hydrogen) atoms. The van der Waals surface area contributed by atoms with Gasteiger partial charge in [0.15, 0.2) is 11.2 Å². The van der Waals surface area contributed by atoms with Crippen LogP contribution in [0.25, 0.3) is 21.1 Å².